The van der Waals surface area contributed by atoms with Crippen LogP contribution in [-0.2, 0) is 20.2 Å². The van der Waals surface area contributed by atoms with Gasteiger partial charge in [0.2, 0.25) is 0 Å². The van der Waals surface area contributed by atoms with Crippen LogP contribution in [0.3, 0.4) is 0 Å². The molecule has 2 heterocycles. The molecule has 1 aromatic heterocycles. The van der Waals surface area contributed by atoms with E-state index in [0.29, 0.717) is 49.5 Å². The lowest BCUT2D eigenvalue weighted by molar-refractivity contribution is 0.0597. The van der Waals surface area contributed by atoms with Crippen LogP contribution in [-0.4, -0.2) is 27.4 Å². The summed E-state index contributed by atoms with van der Waals surface area (Å²) in [6, 6.07) is 16.9. The normalized spacial score (nSPS) is 13.3. The third kappa shape index (κ3) is 3.46. The standard InChI is InChI=1S/C29H24N2O6S/c1-29(2,3)26-24(28(33)36-4)19-14-21(15-8-5-6-9-16(15)25(19)37-26)31-38(34,35)22-13-12-20-23-17(22)10-7-11-18(23)27(32)30-20/h5-14,31H,1-4H3,(H,30,32). The van der Waals surface area contributed by atoms with E-state index in [9.17, 15) is 18.0 Å². The van der Waals surface area contributed by atoms with Crippen LogP contribution in [0.15, 0.2) is 70.0 Å². The summed E-state index contributed by atoms with van der Waals surface area (Å²) in [6.45, 7) is 5.79. The first-order valence-corrected chi connectivity index (χ1v) is 13.5. The minimum Gasteiger partial charge on any atom is -0.465 e. The summed E-state index contributed by atoms with van der Waals surface area (Å²) >= 11 is 0. The molecule has 0 saturated carbocycles. The predicted octanol–water partition coefficient (Wildman–Crippen LogP) is 6.19. The van der Waals surface area contributed by atoms with Gasteiger partial charge in [0.1, 0.15) is 16.9 Å². The molecular weight excluding hydrogens is 504 g/mol. The number of esters is 1. The van der Waals surface area contributed by atoms with Crippen LogP contribution in [0.1, 0.15) is 47.2 Å². The van der Waals surface area contributed by atoms with Gasteiger partial charge in [-0.1, -0.05) is 57.2 Å². The molecule has 1 aliphatic heterocycles. The van der Waals surface area contributed by atoms with Crippen molar-refractivity contribution in [1.82, 2.24) is 0 Å². The number of ether oxygens (including phenoxy) is 1. The number of nitrogens with one attached hydrogen (secondary N) is 2. The monoisotopic (exact) mass is 528 g/mol. The molecule has 4 aromatic carbocycles. The Kier molecular flexibility index (Phi) is 5.09. The van der Waals surface area contributed by atoms with Crippen LogP contribution in [0.5, 0.6) is 0 Å². The Morgan fingerprint density at radius 1 is 0.947 bits per heavy atom. The van der Waals surface area contributed by atoms with Crippen molar-refractivity contribution in [3.63, 3.8) is 0 Å². The number of methoxy groups -OCH3 is 1. The number of fused-ring (bicyclic) bond motifs is 3. The zero-order valence-electron chi connectivity index (χ0n) is 21.1. The highest BCUT2D eigenvalue weighted by atomic mass is 32.2. The molecule has 0 aliphatic carbocycles. The summed E-state index contributed by atoms with van der Waals surface area (Å²) in [5.74, 6) is -0.383. The maximum Gasteiger partial charge on any atom is 0.342 e. The lowest BCUT2D eigenvalue weighted by Crippen LogP contribution is -2.16. The van der Waals surface area contributed by atoms with Gasteiger partial charge in [-0.25, -0.2) is 13.2 Å². The molecule has 192 valence electrons. The largest absolute Gasteiger partial charge is 0.465 e. The van der Waals surface area contributed by atoms with Crippen molar-refractivity contribution < 1.29 is 27.2 Å². The lowest BCUT2D eigenvalue weighted by atomic mass is 9.89. The number of furan rings is 1. The van der Waals surface area contributed by atoms with Gasteiger partial charge in [0.25, 0.3) is 15.9 Å². The van der Waals surface area contributed by atoms with Gasteiger partial charge in [-0.05, 0) is 24.3 Å². The van der Waals surface area contributed by atoms with Crippen molar-refractivity contribution in [3.05, 3.63) is 77.6 Å². The SMILES string of the molecule is COC(=O)c1c(C(C)(C)C)oc2c1cc(NS(=O)(=O)c1ccc3c4c(cccc14)C(=O)N3)c1ccccc12. The molecule has 0 fully saturated rings. The lowest BCUT2D eigenvalue weighted by Gasteiger charge is -2.16. The van der Waals surface area contributed by atoms with Crippen LogP contribution in [0.4, 0.5) is 11.4 Å². The molecule has 6 rings (SSSR count). The van der Waals surface area contributed by atoms with E-state index >= 15 is 0 Å². The highest BCUT2D eigenvalue weighted by Crippen LogP contribution is 2.42. The minimum atomic E-state index is -4.12. The zero-order chi connectivity index (χ0) is 27.0. The molecule has 38 heavy (non-hydrogen) atoms. The maximum atomic E-state index is 13.8. The number of anilines is 2. The van der Waals surface area contributed by atoms with Crippen LogP contribution < -0.4 is 10.0 Å². The molecule has 2 N–H and O–H groups in total. The van der Waals surface area contributed by atoms with Crippen molar-refractivity contribution in [1.29, 1.82) is 0 Å². The van der Waals surface area contributed by atoms with Gasteiger partial charge in [-0.3, -0.25) is 9.52 Å². The van der Waals surface area contributed by atoms with Crippen molar-refractivity contribution >= 4 is 65.8 Å². The quantitative estimate of drug-likeness (QED) is 0.269. The van der Waals surface area contributed by atoms with Crippen molar-refractivity contribution in [2.45, 2.75) is 31.1 Å². The average Bonchev–Trinajstić information content (AvgIpc) is 3.43. The first-order valence-electron chi connectivity index (χ1n) is 12.0. The fourth-order valence-corrected chi connectivity index (χ4v) is 6.41. The van der Waals surface area contributed by atoms with E-state index in [1.807, 2.05) is 32.9 Å². The van der Waals surface area contributed by atoms with Crippen LogP contribution in [0.2, 0.25) is 0 Å². The molecule has 0 saturated heterocycles. The van der Waals surface area contributed by atoms with Crippen molar-refractivity contribution in [2.24, 2.45) is 0 Å². The topological polar surface area (TPSA) is 115 Å². The van der Waals surface area contributed by atoms with Gasteiger partial charge < -0.3 is 14.5 Å². The molecule has 0 spiro atoms. The Balaban J connectivity index is 1.59. The zero-order valence-corrected chi connectivity index (χ0v) is 21.9. The second-order valence-electron chi connectivity index (χ2n) is 10.3. The average molecular weight is 529 g/mol. The smallest absolute Gasteiger partial charge is 0.342 e. The van der Waals surface area contributed by atoms with Gasteiger partial charge in [0.15, 0.2) is 0 Å². The van der Waals surface area contributed by atoms with E-state index in [1.54, 1.807) is 42.5 Å². The third-order valence-electron chi connectivity index (χ3n) is 6.79. The van der Waals surface area contributed by atoms with Gasteiger partial charge in [-0.15, -0.1) is 0 Å². The Hall–Kier alpha value is -4.37. The molecular formula is C29H24N2O6S. The van der Waals surface area contributed by atoms with Gasteiger partial charge in [0, 0.05) is 43.6 Å². The molecule has 0 radical (unpaired) electrons. The molecule has 8 nitrogen and oxygen atoms in total. The molecule has 0 atom stereocenters. The Labute approximate surface area is 218 Å². The van der Waals surface area contributed by atoms with E-state index in [-0.39, 0.29) is 22.1 Å². The molecule has 0 unspecified atom stereocenters. The Bertz CT molecular complexity index is 1950. The summed E-state index contributed by atoms with van der Waals surface area (Å²) in [6.07, 6.45) is 0. The summed E-state index contributed by atoms with van der Waals surface area (Å²) < 4.78 is 41.7. The van der Waals surface area contributed by atoms with E-state index in [2.05, 4.69) is 10.0 Å². The summed E-state index contributed by atoms with van der Waals surface area (Å²) in [4.78, 5) is 25.3. The number of carbonyl (C=O) groups excluding carboxylic acids is 2. The minimum absolute atomic E-state index is 0.0366. The van der Waals surface area contributed by atoms with E-state index in [4.69, 9.17) is 9.15 Å². The van der Waals surface area contributed by atoms with Crippen molar-refractivity contribution in [3.8, 4) is 0 Å². The summed E-state index contributed by atoms with van der Waals surface area (Å²) in [5.41, 5.74) is 1.51. The number of sulfonamides is 1. The Morgan fingerprint density at radius 3 is 2.37 bits per heavy atom. The van der Waals surface area contributed by atoms with Gasteiger partial charge in [0.05, 0.1) is 17.7 Å². The summed E-state index contributed by atoms with van der Waals surface area (Å²) in [7, 11) is -2.82. The van der Waals surface area contributed by atoms with Crippen molar-refractivity contribution in [2.75, 3.05) is 17.1 Å². The number of carbonyl (C=O) groups is 2. The van der Waals surface area contributed by atoms with Gasteiger partial charge >= 0.3 is 5.97 Å². The van der Waals surface area contributed by atoms with Gasteiger partial charge in [-0.2, -0.15) is 0 Å². The maximum absolute atomic E-state index is 13.8. The number of rotatable bonds is 4. The number of amides is 1. The number of hydrogen-bond acceptors (Lipinski definition) is 6. The molecule has 1 amide bonds. The molecule has 0 bridgehead atoms. The first-order chi connectivity index (χ1) is 18.0. The fourth-order valence-electron chi connectivity index (χ4n) is 5.13. The molecule has 9 heteroatoms. The van der Waals surface area contributed by atoms with Crippen LogP contribution in [0.25, 0.3) is 32.5 Å². The van der Waals surface area contributed by atoms with E-state index in [0.717, 1.165) is 0 Å². The second-order valence-corrected chi connectivity index (χ2v) is 11.9. The first kappa shape index (κ1) is 24.0. The van der Waals surface area contributed by atoms with E-state index < -0.39 is 21.4 Å². The number of benzene rings is 4. The second kappa shape index (κ2) is 8.06. The Morgan fingerprint density at radius 2 is 1.66 bits per heavy atom. The fraction of sp³-hybridized carbons (Fsp3) is 0.172. The predicted molar refractivity (Wildman–Crippen MR) is 146 cm³/mol. The molecule has 5 aromatic rings. The summed E-state index contributed by atoms with van der Waals surface area (Å²) in [5, 5.41) is 5.49. The van der Waals surface area contributed by atoms with E-state index in [1.165, 1.54) is 13.2 Å². The molecule has 1 aliphatic rings. The third-order valence-corrected chi connectivity index (χ3v) is 8.22. The van der Waals surface area contributed by atoms with Crippen LogP contribution >= 0.6 is 0 Å². The number of hydrogen-bond donors (Lipinski definition) is 2. The highest BCUT2D eigenvalue weighted by Gasteiger charge is 2.32. The highest BCUT2D eigenvalue weighted by molar-refractivity contribution is 7.93. The van der Waals surface area contributed by atoms with Crippen LogP contribution in [0, 0.1) is 0 Å².